The van der Waals surface area contributed by atoms with E-state index in [-0.39, 0.29) is 5.92 Å². The minimum absolute atomic E-state index is 0.159. The van der Waals surface area contributed by atoms with Gasteiger partial charge in [-0.25, -0.2) is 0 Å². The van der Waals surface area contributed by atoms with Gasteiger partial charge in [-0.1, -0.05) is 12.1 Å². The van der Waals surface area contributed by atoms with Crippen LogP contribution in [-0.2, 0) is 6.18 Å². The van der Waals surface area contributed by atoms with E-state index < -0.39 is 11.7 Å². The zero-order chi connectivity index (χ0) is 15.6. The number of benzene rings is 1. The smallest absolute Gasteiger partial charge is 0.317 e. The van der Waals surface area contributed by atoms with Crippen molar-refractivity contribution in [2.75, 3.05) is 13.1 Å². The summed E-state index contributed by atoms with van der Waals surface area (Å²) in [5.74, 6) is 0.159. The Morgan fingerprint density at radius 3 is 2.32 bits per heavy atom. The lowest BCUT2D eigenvalue weighted by atomic mass is 9.83. The Kier molecular flexibility index (Phi) is 4.16. The van der Waals surface area contributed by atoms with Crippen molar-refractivity contribution in [1.29, 1.82) is 0 Å². The molecule has 0 unspecified atom stereocenters. The van der Waals surface area contributed by atoms with Crippen LogP contribution in [0.1, 0.15) is 29.9 Å². The average Bonchev–Trinajstić information content (AvgIpc) is 2.55. The van der Waals surface area contributed by atoms with Crippen LogP contribution >= 0.6 is 0 Å². The SMILES string of the molecule is FC(F)(F)c1cccc(C2CCNCC2)c1-c1ccncc1. The second kappa shape index (κ2) is 6.08. The molecular formula is C17H17F3N2. The van der Waals surface area contributed by atoms with E-state index in [1.807, 2.05) is 6.07 Å². The molecule has 0 amide bonds. The molecule has 2 aromatic rings. The van der Waals surface area contributed by atoms with Crippen molar-refractivity contribution >= 4 is 0 Å². The van der Waals surface area contributed by atoms with Crippen molar-refractivity contribution in [3.05, 3.63) is 53.9 Å². The Hall–Kier alpha value is -1.88. The molecule has 0 saturated carbocycles. The van der Waals surface area contributed by atoms with Gasteiger partial charge in [0.1, 0.15) is 0 Å². The van der Waals surface area contributed by atoms with Crippen LogP contribution in [0.5, 0.6) is 0 Å². The van der Waals surface area contributed by atoms with Gasteiger partial charge >= 0.3 is 6.18 Å². The highest BCUT2D eigenvalue weighted by atomic mass is 19.4. The maximum Gasteiger partial charge on any atom is 0.417 e. The third-order valence-corrected chi connectivity index (χ3v) is 4.15. The van der Waals surface area contributed by atoms with Gasteiger partial charge in [-0.2, -0.15) is 13.2 Å². The molecule has 0 radical (unpaired) electrons. The largest absolute Gasteiger partial charge is 0.417 e. The zero-order valence-electron chi connectivity index (χ0n) is 12.0. The molecule has 1 aromatic heterocycles. The summed E-state index contributed by atoms with van der Waals surface area (Å²) in [5, 5.41) is 3.26. The van der Waals surface area contributed by atoms with Crippen LogP contribution < -0.4 is 5.32 Å². The van der Waals surface area contributed by atoms with Gasteiger partial charge in [-0.05, 0) is 66.7 Å². The molecule has 0 bridgehead atoms. The van der Waals surface area contributed by atoms with Gasteiger partial charge in [0.2, 0.25) is 0 Å². The maximum atomic E-state index is 13.5. The molecule has 3 rings (SSSR count). The highest BCUT2D eigenvalue weighted by Gasteiger charge is 2.35. The van der Waals surface area contributed by atoms with Crippen LogP contribution in [0, 0.1) is 0 Å². The van der Waals surface area contributed by atoms with Crippen LogP contribution in [-0.4, -0.2) is 18.1 Å². The highest BCUT2D eigenvalue weighted by Crippen LogP contribution is 2.42. The molecule has 5 heteroatoms. The Labute approximate surface area is 127 Å². The predicted octanol–water partition coefficient (Wildman–Crippen LogP) is 4.23. The molecule has 1 fully saturated rings. The fourth-order valence-corrected chi connectivity index (χ4v) is 3.12. The van der Waals surface area contributed by atoms with Gasteiger partial charge in [0.25, 0.3) is 0 Å². The van der Waals surface area contributed by atoms with Crippen LogP contribution in [0.4, 0.5) is 13.2 Å². The molecule has 116 valence electrons. The third-order valence-electron chi connectivity index (χ3n) is 4.15. The number of hydrogen-bond acceptors (Lipinski definition) is 2. The highest BCUT2D eigenvalue weighted by molar-refractivity contribution is 5.72. The van der Waals surface area contributed by atoms with Gasteiger partial charge in [-0.3, -0.25) is 4.98 Å². The van der Waals surface area contributed by atoms with Crippen molar-refractivity contribution < 1.29 is 13.2 Å². The molecule has 1 aliphatic rings. The molecule has 1 aliphatic heterocycles. The average molecular weight is 306 g/mol. The van der Waals surface area contributed by atoms with Crippen LogP contribution in [0.3, 0.4) is 0 Å². The number of nitrogens with zero attached hydrogens (tertiary/aromatic N) is 1. The molecule has 1 N–H and O–H groups in total. The molecular weight excluding hydrogens is 289 g/mol. The molecule has 2 nitrogen and oxygen atoms in total. The molecule has 0 spiro atoms. The lowest BCUT2D eigenvalue weighted by molar-refractivity contribution is -0.137. The summed E-state index contributed by atoms with van der Waals surface area (Å²) in [6.45, 7) is 1.69. The molecule has 22 heavy (non-hydrogen) atoms. The summed E-state index contributed by atoms with van der Waals surface area (Å²) in [6.07, 6.45) is 0.434. The number of aromatic nitrogens is 1. The first-order chi connectivity index (χ1) is 10.6. The Morgan fingerprint density at radius 1 is 1.00 bits per heavy atom. The number of pyridine rings is 1. The van der Waals surface area contributed by atoms with E-state index in [1.165, 1.54) is 24.5 Å². The number of nitrogens with one attached hydrogen (secondary N) is 1. The van der Waals surface area contributed by atoms with Crippen molar-refractivity contribution in [3.63, 3.8) is 0 Å². The molecule has 2 heterocycles. The minimum atomic E-state index is -4.36. The summed E-state index contributed by atoms with van der Waals surface area (Å²) < 4.78 is 40.4. The van der Waals surface area contributed by atoms with E-state index in [1.54, 1.807) is 12.1 Å². The van der Waals surface area contributed by atoms with Crippen LogP contribution in [0.15, 0.2) is 42.7 Å². The van der Waals surface area contributed by atoms with Gasteiger partial charge in [-0.15, -0.1) is 0 Å². The number of halogens is 3. The van der Waals surface area contributed by atoms with Crippen molar-refractivity contribution in [1.82, 2.24) is 10.3 Å². The number of rotatable bonds is 2. The van der Waals surface area contributed by atoms with Crippen molar-refractivity contribution in [2.24, 2.45) is 0 Å². The third kappa shape index (κ3) is 2.99. The normalized spacial score (nSPS) is 16.7. The van der Waals surface area contributed by atoms with Crippen molar-refractivity contribution in [3.8, 4) is 11.1 Å². The van der Waals surface area contributed by atoms with Crippen LogP contribution in [0.25, 0.3) is 11.1 Å². The lowest BCUT2D eigenvalue weighted by Gasteiger charge is -2.27. The summed E-state index contributed by atoms with van der Waals surface area (Å²) >= 11 is 0. The van der Waals surface area contributed by atoms with E-state index in [4.69, 9.17) is 0 Å². The first kappa shape index (κ1) is 15.0. The molecule has 1 aromatic carbocycles. The molecule has 1 saturated heterocycles. The first-order valence-corrected chi connectivity index (χ1v) is 7.38. The quantitative estimate of drug-likeness (QED) is 0.898. The number of piperidine rings is 1. The van der Waals surface area contributed by atoms with Crippen LogP contribution in [0.2, 0.25) is 0 Å². The lowest BCUT2D eigenvalue weighted by Crippen LogP contribution is -2.27. The minimum Gasteiger partial charge on any atom is -0.317 e. The fraction of sp³-hybridized carbons (Fsp3) is 0.353. The van der Waals surface area contributed by atoms with E-state index in [0.717, 1.165) is 31.5 Å². The molecule has 0 aliphatic carbocycles. The van der Waals surface area contributed by atoms with Gasteiger partial charge in [0.15, 0.2) is 0 Å². The Bertz CT molecular complexity index is 632. The number of alkyl halides is 3. The summed E-state index contributed by atoms with van der Waals surface area (Å²) in [6, 6.07) is 7.82. The summed E-state index contributed by atoms with van der Waals surface area (Å²) in [7, 11) is 0. The van der Waals surface area contributed by atoms with Gasteiger partial charge in [0, 0.05) is 12.4 Å². The summed E-state index contributed by atoms with van der Waals surface area (Å²) in [5.41, 5.74) is 1.12. The topological polar surface area (TPSA) is 24.9 Å². The monoisotopic (exact) mass is 306 g/mol. The number of hydrogen-bond donors (Lipinski definition) is 1. The van der Waals surface area contributed by atoms with Gasteiger partial charge in [0.05, 0.1) is 5.56 Å². The predicted molar refractivity (Wildman–Crippen MR) is 79.5 cm³/mol. The second-order valence-electron chi connectivity index (χ2n) is 5.53. The first-order valence-electron chi connectivity index (χ1n) is 7.38. The fourth-order valence-electron chi connectivity index (χ4n) is 3.12. The Morgan fingerprint density at radius 2 is 1.68 bits per heavy atom. The van der Waals surface area contributed by atoms with E-state index in [9.17, 15) is 13.2 Å². The van der Waals surface area contributed by atoms with E-state index >= 15 is 0 Å². The second-order valence-corrected chi connectivity index (χ2v) is 5.53. The van der Waals surface area contributed by atoms with Crippen molar-refractivity contribution in [2.45, 2.75) is 24.9 Å². The van der Waals surface area contributed by atoms with E-state index in [0.29, 0.717) is 11.1 Å². The Balaban J connectivity index is 2.17. The zero-order valence-corrected chi connectivity index (χ0v) is 12.0. The van der Waals surface area contributed by atoms with E-state index in [2.05, 4.69) is 10.3 Å². The molecule has 0 atom stereocenters. The summed E-state index contributed by atoms with van der Waals surface area (Å²) in [4.78, 5) is 3.91. The maximum absolute atomic E-state index is 13.5. The van der Waals surface area contributed by atoms with Gasteiger partial charge < -0.3 is 5.32 Å². The standard InChI is InChI=1S/C17H17F3N2/c18-17(19,20)15-3-1-2-14(12-4-8-21-9-5-12)16(15)13-6-10-22-11-7-13/h1-3,6-7,10-12,21H,4-5,8-9H2.